The standard InChI is InChI=1S/C26H30O4/c1-29-23-8-17(14-27)3-5-21(23)25-10-19-7-20(11-25)13-26(12-19,16-25)22-6-4-18(15-28)9-24(22)30-2/h3-6,8-9,14,19-20,28H,7,10-13,15-16H2,1-2H3. The number of carbonyl (C=O) groups excluding carboxylic acids is 1. The summed E-state index contributed by atoms with van der Waals surface area (Å²) >= 11 is 0. The van der Waals surface area contributed by atoms with Crippen LogP contribution in [0.5, 0.6) is 11.5 Å². The lowest BCUT2D eigenvalue weighted by Crippen LogP contribution is -2.56. The van der Waals surface area contributed by atoms with Gasteiger partial charge in [-0.25, -0.2) is 0 Å². The van der Waals surface area contributed by atoms with Gasteiger partial charge in [-0.1, -0.05) is 24.3 Å². The maximum absolute atomic E-state index is 11.3. The molecule has 0 radical (unpaired) electrons. The highest BCUT2D eigenvalue weighted by atomic mass is 16.5. The first-order chi connectivity index (χ1) is 14.5. The van der Waals surface area contributed by atoms with E-state index in [4.69, 9.17) is 9.47 Å². The molecular formula is C26H30O4. The van der Waals surface area contributed by atoms with Crippen molar-refractivity contribution in [2.75, 3.05) is 14.2 Å². The molecule has 4 heteroatoms. The van der Waals surface area contributed by atoms with Crippen molar-refractivity contribution in [3.63, 3.8) is 0 Å². The van der Waals surface area contributed by atoms with Crippen molar-refractivity contribution in [3.05, 3.63) is 58.7 Å². The number of methoxy groups -OCH3 is 2. The van der Waals surface area contributed by atoms with E-state index in [-0.39, 0.29) is 17.4 Å². The molecule has 4 aliphatic rings. The maximum Gasteiger partial charge on any atom is 0.150 e. The molecule has 2 aromatic carbocycles. The number of rotatable bonds is 6. The van der Waals surface area contributed by atoms with Crippen molar-refractivity contribution in [3.8, 4) is 11.5 Å². The lowest BCUT2D eigenvalue weighted by Gasteiger charge is -2.63. The zero-order chi connectivity index (χ0) is 20.9. The van der Waals surface area contributed by atoms with Gasteiger partial charge in [0.15, 0.2) is 0 Å². The minimum absolute atomic E-state index is 0.0269. The van der Waals surface area contributed by atoms with Crippen LogP contribution in [0.1, 0.15) is 65.6 Å². The Kier molecular flexibility index (Phi) is 4.66. The first-order valence-corrected chi connectivity index (χ1v) is 11.0. The van der Waals surface area contributed by atoms with Crippen molar-refractivity contribution < 1.29 is 19.4 Å². The molecule has 4 nitrogen and oxygen atoms in total. The fourth-order valence-electron chi connectivity index (χ4n) is 7.38. The van der Waals surface area contributed by atoms with E-state index < -0.39 is 0 Å². The van der Waals surface area contributed by atoms with Crippen molar-refractivity contribution >= 4 is 6.29 Å². The molecule has 0 heterocycles. The SMILES string of the molecule is COc1cc(C=O)ccc1C12CC3CC(C1)CC(c1ccc(CO)cc1OC)(C3)C2. The lowest BCUT2D eigenvalue weighted by molar-refractivity contribution is -0.0297. The van der Waals surface area contributed by atoms with Crippen LogP contribution in [0.3, 0.4) is 0 Å². The number of hydrogen-bond donors (Lipinski definition) is 1. The number of aliphatic hydroxyl groups excluding tert-OH is 1. The highest BCUT2D eigenvalue weighted by Crippen LogP contribution is 2.67. The first-order valence-electron chi connectivity index (χ1n) is 11.0. The predicted octanol–water partition coefficient (Wildman–Crippen LogP) is 4.80. The third kappa shape index (κ3) is 2.88. The highest BCUT2D eigenvalue weighted by molar-refractivity contribution is 5.76. The Balaban J connectivity index is 1.62. The van der Waals surface area contributed by atoms with E-state index in [0.717, 1.165) is 29.8 Å². The van der Waals surface area contributed by atoms with E-state index in [1.807, 2.05) is 24.3 Å². The minimum Gasteiger partial charge on any atom is -0.496 e. The molecule has 4 fully saturated rings. The Bertz CT molecular complexity index is 965. The van der Waals surface area contributed by atoms with E-state index >= 15 is 0 Å². The van der Waals surface area contributed by atoms with Crippen molar-refractivity contribution in [1.82, 2.24) is 0 Å². The van der Waals surface area contributed by atoms with Crippen LogP contribution >= 0.6 is 0 Å². The Morgan fingerprint density at radius 2 is 1.50 bits per heavy atom. The van der Waals surface area contributed by atoms with Gasteiger partial charge in [0.05, 0.1) is 20.8 Å². The Labute approximate surface area is 178 Å². The molecule has 30 heavy (non-hydrogen) atoms. The Morgan fingerprint density at radius 3 is 2.03 bits per heavy atom. The molecule has 6 rings (SSSR count). The molecular weight excluding hydrogens is 376 g/mol. The largest absolute Gasteiger partial charge is 0.496 e. The van der Waals surface area contributed by atoms with Gasteiger partial charge in [-0.15, -0.1) is 0 Å². The van der Waals surface area contributed by atoms with E-state index in [2.05, 4.69) is 12.1 Å². The molecule has 0 saturated heterocycles. The highest BCUT2D eigenvalue weighted by Gasteiger charge is 2.59. The fourth-order valence-corrected chi connectivity index (χ4v) is 7.38. The summed E-state index contributed by atoms with van der Waals surface area (Å²) in [6, 6.07) is 12.2. The van der Waals surface area contributed by atoms with Crippen molar-refractivity contribution in [1.29, 1.82) is 0 Å². The van der Waals surface area contributed by atoms with Gasteiger partial charge < -0.3 is 14.6 Å². The van der Waals surface area contributed by atoms with E-state index in [1.54, 1.807) is 14.2 Å². The van der Waals surface area contributed by atoms with Gasteiger partial charge in [-0.3, -0.25) is 4.79 Å². The smallest absolute Gasteiger partial charge is 0.150 e. The van der Waals surface area contributed by atoms with Gasteiger partial charge in [0, 0.05) is 27.5 Å². The fraction of sp³-hybridized carbons (Fsp3) is 0.500. The van der Waals surface area contributed by atoms with Crippen LogP contribution in [0.15, 0.2) is 36.4 Å². The number of hydrogen-bond acceptors (Lipinski definition) is 4. The summed E-state index contributed by atoms with van der Waals surface area (Å²) in [6.07, 6.45) is 8.08. The van der Waals surface area contributed by atoms with Crippen molar-refractivity contribution in [2.45, 2.75) is 56.0 Å². The molecule has 4 saturated carbocycles. The van der Waals surface area contributed by atoms with Gasteiger partial charge in [-0.2, -0.15) is 0 Å². The average Bonchev–Trinajstić information content (AvgIpc) is 2.77. The van der Waals surface area contributed by atoms with Gasteiger partial charge in [-0.05, 0) is 68.1 Å². The van der Waals surface area contributed by atoms with Crippen LogP contribution < -0.4 is 9.47 Å². The van der Waals surface area contributed by atoms with Crippen LogP contribution in [-0.2, 0) is 17.4 Å². The number of carbonyl (C=O) groups is 1. The quantitative estimate of drug-likeness (QED) is 0.700. The summed E-state index contributed by atoms with van der Waals surface area (Å²) in [7, 11) is 3.44. The second kappa shape index (κ2) is 7.12. The molecule has 0 spiro atoms. The molecule has 1 N–H and O–H groups in total. The summed E-state index contributed by atoms with van der Waals surface area (Å²) in [6.45, 7) is 0.0269. The Morgan fingerprint density at radius 1 is 0.933 bits per heavy atom. The Hall–Kier alpha value is -2.33. The molecule has 0 aliphatic heterocycles. The van der Waals surface area contributed by atoms with E-state index in [1.165, 1.54) is 43.2 Å². The second-order valence-electron chi connectivity index (χ2n) is 9.79. The summed E-state index contributed by atoms with van der Waals surface area (Å²) < 4.78 is 11.6. The molecule has 4 bridgehead atoms. The normalized spacial score (nSPS) is 31.6. The number of aldehydes is 1. The molecule has 0 amide bonds. The molecule has 2 aromatic rings. The van der Waals surface area contributed by atoms with Crippen LogP contribution in [-0.4, -0.2) is 25.6 Å². The topological polar surface area (TPSA) is 55.8 Å². The van der Waals surface area contributed by atoms with E-state index in [0.29, 0.717) is 17.4 Å². The van der Waals surface area contributed by atoms with Crippen molar-refractivity contribution in [2.24, 2.45) is 11.8 Å². The zero-order valence-electron chi connectivity index (χ0n) is 17.8. The predicted molar refractivity (Wildman–Crippen MR) is 115 cm³/mol. The third-order valence-corrected chi connectivity index (χ3v) is 8.01. The van der Waals surface area contributed by atoms with Gasteiger partial charge in [0.1, 0.15) is 17.8 Å². The molecule has 158 valence electrons. The summed E-state index contributed by atoms with van der Waals surface area (Å²) in [5.74, 6) is 3.15. The van der Waals surface area contributed by atoms with Gasteiger partial charge >= 0.3 is 0 Å². The number of aliphatic hydroxyl groups is 1. The molecule has 0 aromatic heterocycles. The first kappa shape index (κ1) is 19.6. The molecule has 4 aliphatic carbocycles. The molecule has 2 atom stereocenters. The van der Waals surface area contributed by atoms with Crippen LogP contribution in [0.2, 0.25) is 0 Å². The number of benzene rings is 2. The maximum atomic E-state index is 11.3. The number of ether oxygens (including phenoxy) is 2. The van der Waals surface area contributed by atoms with Gasteiger partial charge in [0.25, 0.3) is 0 Å². The summed E-state index contributed by atoms with van der Waals surface area (Å²) in [5.41, 5.74) is 4.29. The zero-order valence-corrected chi connectivity index (χ0v) is 17.8. The van der Waals surface area contributed by atoms with E-state index in [9.17, 15) is 9.90 Å². The van der Waals surface area contributed by atoms with Crippen LogP contribution in [0.25, 0.3) is 0 Å². The third-order valence-electron chi connectivity index (χ3n) is 8.01. The van der Waals surface area contributed by atoms with Crippen LogP contribution in [0, 0.1) is 11.8 Å². The average molecular weight is 407 g/mol. The summed E-state index contributed by atoms with van der Waals surface area (Å²) in [4.78, 5) is 11.3. The minimum atomic E-state index is 0.0269. The second-order valence-corrected chi connectivity index (χ2v) is 9.79. The molecule has 2 unspecified atom stereocenters. The lowest BCUT2D eigenvalue weighted by atomic mass is 9.41. The van der Waals surface area contributed by atoms with Crippen LogP contribution in [0.4, 0.5) is 0 Å². The monoisotopic (exact) mass is 406 g/mol. The summed E-state index contributed by atoms with van der Waals surface area (Å²) in [5, 5.41) is 9.58. The van der Waals surface area contributed by atoms with Gasteiger partial charge in [0.2, 0.25) is 0 Å².